The van der Waals surface area contributed by atoms with E-state index in [9.17, 15) is 22.4 Å². The predicted octanol–water partition coefficient (Wildman–Crippen LogP) is 5.32. The van der Waals surface area contributed by atoms with Crippen LogP contribution in [0.4, 0.5) is 14.9 Å². The Labute approximate surface area is 239 Å². The summed E-state index contributed by atoms with van der Waals surface area (Å²) in [4.78, 5) is 29.8. The van der Waals surface area contributed by atoms with E-state index in [0.29, 0.717) is 12.1 Å². The lowest BCUT2D eigenvalue weighted by molar-refractivity contribution is -0.157. The topological polar surface area (TPSA) is 100 Å². The molecule has 4 rings (SSSR count). The molecule has 1 N–H and O–H groups in total. The van der Waals surface area contributed by atoms with Gasteiger partial charge in [-0.2, -0.15) is 0 Å². The first-order valence-electron chi connectivity index (χ1n) is 13.0. The van der Waals surface area contributed by atoms with E-state index >= 15 is 0 Å². The zero-order chi connectivity index (χ0) is 29.8. The van der Waals surface area contributed by atoms with Crippen LogP contribution in [0.3, 0.4) is 0 Å². The highest BCUT2D eigenvalue weighted by molar-refractivity contribution is 7.89. The minimum atomic E-state index is -4.21. The Bertz CT molecular complexity index is 1580. The van der Waals surface area contributed by atoms with Gasteiger partial charge in [0, 0.05) is 19.5 Å². The molecule has 0 saturated carbocycles. The molecule has 0 radical (unpaired) electrons. The first-order valence-corrected chi connectivity index (χ1v) is 14.5. The Morgan fingerprint density at radius 2 is 1.76 bits per heavy atom. The van der Waals surface area contributed by atoms with Gasteiger partial charge in [0.1, 0.15) is 17.5 Å². The zero-order valence-electron chi connectivity index (χ0n) is 23.0. The number of halogens is 1. The van der Waals surface area contributed by atoms with Crippen LogP contribution in [-0.2, 0) is 26.0 Å². The average molecular weight is 579 g/mol. The van der Waals surface area contributed by atoms with E-state index in [1.165, 1.54) is 12.1 Å². The number of carbonyl (C=O) groups excluding carboxylic acids is 2. The Morgan fingerprint density at radius 3 is 2.41 bits per heavy atom. The van der Waals surface area contributed by atoms with E-state index in [-0.39, 0.29) is 24.4 Å². The van der Waals surface area contributed by atoms with Crippen molar-refractivity contribution >= 4 is 27.7 Å². The number of urea groups is 1. The fourth-order valence-corrected chi connectivity index (χ4v) is 5.99. The van der Waals surface area contributed by atoms with Gasteiger partial charge in [0.2, 0.25) is 0 Å². The summed E-state index contributed by atoms with van der Waals surface area (Å²) in [5, 5.41) is 3.67. The van der Waals surface area contributed by atoms with Gasteiger partial charge in [-0.15, -0.1) is 4.41 Å². The second-order valence-corrected chi connectivity index (χ2v) is 12.4. The molecule has 1 saturated heterocycles. The summed E-state index contributed by atoms with van der Waals surface area (Å²) in [6.45, 7) is 12.7. The standard InChI is InChI=1S/C30H31FN4O5S/c1-30(2,3)40-28(36)27(19-21-13-15-22(16-14-21)25-11-5-6-12-26(25)32-4)33-29(37)34-17-8-18-35(34)41(38,39)24-10-7-9-23(31)20-24/h5-7,9-16,20,27H,8,17-19H2,1-3H3,(H,33,37)/t27-/m0/s1. The number of hydrogen-bond acceptors (Lipinski definition) is 5. The van der Waals surface area contributed by atoms with Crippen molar-refractivity contribution in [1.82, 2.24) is 14.7 Å². The first kappa shape index (κ1) is 29.7. The van der Waals surface area contributed by atoms with E-state index in [4.69, 9.17) is 11.3 Å². The molecule has 1 heterocycles. The molecule has 2 amide bonds. The molecule has 3 aromatic carbocycles. The van der Waals surface area contributed by atoms with E-state index in [1.54, 1.807) is 45.0 Å². The molecule has 9 nitrogen and oxygen atoms in total. The monoisotopic (exact) mass is 578 g/mol. The molecule has 3 aromatic rings. The highest BCUT2D eigenvalue weighted by Crippen LogP contribution is 2.30. The molecule has 11 heteroatoms. The summed E-state index contributed by atoms with van der Waals surface area (Å²) in [6, 6.07) is 17.2. The van der Waals surface area contributed by atoms with Gasteiger partial charge in [0.25, 0.3) is 10.0 Å². The summed E-state index contributed by atoms with van der Waals surface area (Å²) >= 11 is 0. The number of rotatable bonds is 7. The van der Waals surface area contributed by atoms with Crippen molar-refractivity contribution in [2.24, 2.45) is 0 Å². The quantitative estimate of drug-likeness (QED) is 0.302. The van der Waals surface area contributed by atoms with Gasteiger partial charge >= 0.3 is 12.0 Å². The van der Waals surface area contributed by atoms with Gasteiger partial charge in [-0.05, 0) is 62.1 Å². The number of benzene rings is 3. The molecule has 0 unspecified atom stereocenters. The second-order valence-electron chi connectivity index (χ2n) is 10.6. The maximum Gasteiger partial charge on any atom is 0.333 e. The van der Waals surface area contributed by atoms with Crippen LogP contribution in [0.15, 0.2) is 77.7 Å². The minimum Gasteiger partial charge on any atom is -0.458 e. The van der Waals surface area contributed by atoms with E-state index in [1.807, 2.05) is 24.3 Å². The fourth-order valence-electron chi connectivity index (χ4n) is 4.45. The number of hydrogen-bond donors (Lipinski definition) is 1. The Hall–Kier alpha value is -4.27. The van der Waals surface area contributed by atoms with Crippen LogP contribution in [0.25, 0.3) is 16.0 Å². The number of esters is 1. The van der Waals surface area contributed by atoms with Crippen LogP contribution < -0.4 is 5.32 Å². The minimum absolute atomic E-state index is 0.0247. The van der Waals surface area contributed by atoms with Crippen molar-refractivity contribution in [2.75, 3.05) is 13.1 Å². The number of nitrogens with zero attached hydrogens (tertiary/aromatic N) is 3. The van der Waals surface area contributed by atoms with Crippen LogP contribution >= 0.6 is 0 Å². The van der Waals surface area contributed by atoms with Gasteiger partial charge in [0.15, 0.2) is 5.69 Å². The molecule has 1 aliphatic heterocycles. The number of carbonyl (C=O) groups is 2. The number of sulfonamides is 1. The first-order chi connectivity index (χ1) is 19.4. The highest BCUT2D eigenvalue weighted by atomic mass is 32.2. The number of hydrazine groups is 1. The predicted molar refractivity (Wildman–Crippen MR) is 152 cm³/mol. The van der Waals surface area contributed by atoms with Crippen LogP contribution in [0, 0.1) is 12.4 Å². The molecular weight excluding hydrogens is 547 g/mol. The normalized spacial score (nSPS) is 14.8. The number of amides is 2. The maximum atomic E-state index is 13.8. The van der Waals surface area contributed by atoms with Gasteiger partial charge in [-0.1, -0.05) is 54.6 Å². The Morgan fingerprint density at radius 1 is 1.05 bits per heavy atom. The lowest BCUT2D eigenvalue weighted by Crippen LogP contribution is -2.54. The van der Waals surface area contributed by atoms with Crippen LogP contribution in [0.5, 0.6) is 0 Å². The molecule has 0 aromatic heterocycles. The molecule has 0 spiro atoms. The van der Waals surface area contributed by atoms with E-state index in [0.717, 1.165) is 38.2 Å². The van der Waals surface area contributed by atoms with Gasteiger partial charge in [0.05, 0.1) is 11.5 Å². The smallest absolute Gasteiger partial charge is 0.333 e. The maximum absolute atomic E-state index is 13.8. The summed E-state index contributed by atoms with van der Waals surface area (Å²) in [5.74, 6) is -1.39. The van der Waals surface area contributed by atoms with Gasteiger partial charge < -0.3 is 10.1 Å². The lowest BCUT2D eigenvalue weighted by atomic mass is 9.99. The van der Waals surface area contributed by atoms with Crippen LogP contribution in [0.2, 0.25) is 0 Å². The molecule has 1 fully saturated rings. The summed E-state index contributed by atoms with van der Waals surface area (Å²) in [6.07, 6.45) is 0.447. The number of para-hydroxylation sites is 1. The van der Waals surface area contributed by atoms with Crippen LogP contribution in [0.1, 0.15) is 32.8 Å². The lowest BCUT2D eigenvalue weighted by Gasteiger charge is -2.30. The largest absolute Gasteiger partial charge is 0.458 e. The molecular formula is C30H31FN4O5S. The second kappa shape index (κ2) is 12.1. The number of ether oxygens (including phenoxy) is 1. The van der Waals surface area contributed by atoms with Gasteiger partial charge in [-0.3, -0.25) is 0 Å². The zero-order valence-corrected chi connectivity index (χ0v) is 23.8. The molecule has 41 heavy (non-hydrogen) atoms. The van der Waals surface area contributed by atoms with Crippen molar-refractivity contribution in [1.29, 1.82) is 0 Å². The Balaban J connectivity index is 1.56. The van der Waals surface area contributed by atoms with Crippen molar-refractivity contribution in [3.8, 4) is 11.1 Å². The molecule has 214 valence electrons. The number of nitrogens with one attached hydrogen (secondary N) is 1. The van der Waals surface area contributed by atoms with Gasteiger partial charge in [-0.25, -0.2) is 32.3 Å². The third-order valence-corrected chi connectivity index (χ3v) is 8.10. The third kappa shape index (κ3) is 7.09. The SMILES string of the molecule is [C-]#[N+]c1ccccc1-c1ccc(C[C@H](NC(=O)N2CCCN2S(=O)(=O)c2cccc(F)c2)C(=O)OC(C)(C)C)cc1. The summed E-state index contributed by atoms with van der Waals surface area (Å²) in [7, 11) is -4.21. The molecule has 0 aliphatic carbocycles. The van der Waals surface area contributed by atoms with Crippen molar-refractivity contribution < 1.29 is 27.1 Å². The Kier molecular flexibility index (Phi) is 8.75. The highest BCUT2D eigenvalue weighted by Gasteiger charge is 2.38. The summed E-state index contributed by atoms with van der Waals surface area (Å²) < 4.78 is 46.7. The molecule has 1 atom stereocenters. The van der Waals surface area contributed by atoms with E-state index < -0.39 is 39.5 Å². The van der Waals surface area contributed by atoms with Crippen molar-refractivity contribution in [3.63, 3.8) is 0 Å². The third-order valence-electron chi connectivity index (χ3n) is 6.31. The average Bonchev–Trinajstić information content (AvgIpc) is 3.43. The molecule has 1 aliphatic rings. The molecule has 0 bridgehead atoms. The van der Waals surface area contributed by atoms with E-state index in [2.05, 4.69) is 10.2 Å². The summed E-state index contributed by atoms with van der Waals surface area (Å²) in [5.41, 5.74) is 2.01. The van der Waals surface area contributed by atoms with Crippen molar-refractivity contribution in [2.45, 2.75) is 50.2 Å². The fraction of sp³-hybridized carbons (Fsp3) is 0.300. The van der Waals surface area contributed by atoms with Crippen molar-refractivity contribution in [3.05, 3.63) is 95.6 Å². The van der Waals surface area contributed by atoms with Crippen LogP contribution in [-0.4, -0.2) is 54.6 Å².